The van der Waals surface area contributed by atoms with Gasteiger partial charge in [0.1, 0.15) is 11.4 Å². The van der Waals surface area contributed by atoms with Crippen molar-refractivity contribution in [3.05, 3.63) is 48.3 Å². The van der Waals surface area contributed by atoms with Gasteiger partial charge >= 0.3 is 12.1 Å². The van der Waals surface area contributed by atoms with E-state index < -0.39 is 12.1 Å². The molecule has 2 heterocycles. The van der Waals surface area contributed by atoms with Crippen molar-refractivity contribution in [1.29, 1.82) is 0 Å². The van der Waals surface area contributed by atoms with Crippen LogP contribution in [0.1, 0.15) is 5.69 Å². The summed E-state index contributed by atoms with van der Waals surface area (Å²) in [7, 11) is 1.57. The fourth-order valence-corrected chi connectivity index (χ4v) is 2.46. The second-order valence-electron chi connectivity index (χ2n) is 5.37. The predicted molar refractivity (Wildman–Crippen MR) is 86.6 cm³/mol. The zero-order chi connectivity index (χ0) is 18.2. The predicted octanol–water partition coefficient (Wildman–Crippen LogP) is 3.82. The molecule has 1 amide bonds. The Labute approximate surface area is 141 Å². The molecule has 2 aromatic heterocycles. The number of hydrogen-bond donors (Lipinski definition) is 1. The molecule has 1 N–H and O–H groups in total. The number of amides is 1. The summed E-state index contributed by atoms with van der Waals surface area (Å²) >= 11 is 0. The van der Waals surface area contributed by atoms with E-state index >= 15 is 0 Å². The molecule has 0 radical (unpaired) electrons. The van der Waals surface area contributed by atoms with Crippen molar-refractivity contribution >= 4 is 17.2 Å². The number of imidazole rings is 1. The smallest absolute Gasteiger partial charge is 0.471 e. The number of fused-ring (bicyclic) bond motifs is 1. The quantitative estimate of drug-likeness (QED) is 0.782. The summed E-state index contributed by atoms with van der Waals surface area (Å²) in [6.07, 6.45) is -3.53. The van der Waals surface area contributed by atoms with E-state index in [0.717, 1.165) is 11.3 Å². The summed E-state index contributed by atoms with van der Waals surface area (Å²) in [4.78, 5) is 15.6. The topological polar surface area (TPSA) is 55.6 Å². The van der Waals surface area contributed by atoms with E-state index in [1.54, 1.807) is 36.6 Å². The second kappa shape index (κ2) is 6.12. The molecule has 8 heteroatoms. The highest BCUT2D eigenvalue weighted by Crippen LogP contribution is 2.27. The van der Waals surface area contributed by atoms with Crippen LogP contribution in [0.4, 0.5) is 18.9 Å². The average Bonchev–Trinajstić information content (AvgIpc) is 2.91. The summed E-state index contributed by atoms with van der Waals surface area (Å²) in [6, 6.07) is 10.2. The molecule has 0 saturated heterocycles. The Morgan fingerprint density at radius 3 is 2.44 bits per heavy atom. The lowest BCUT2D eigenvalue weighted by molar-refractivity contribution is -0.167. The molecule has 0 saturated carbocycles. The number of halogens is 3. The van der Waals surface area contributed by atoms with Gasteiger partial charge in [0.15, 0.2) is 0 Å². The first-order valence-corrected chi connectivity index (χ1v) is 7.31. The van der Waals surface area contributed by atoms with Gasteiger partial charge in [0.05, 0.1) is 18.5 Å². The van der Waals surface area contributed by atoms with Gasteiger partial charge in [-0.2, -0.15) is 13.2 Å². The minimum atomic E-state index is -4.94. The number of anilines is 1. The van der Waals surface area contributed by atoms with Crippen molar-refractivity contribution in [3.8, 4) is 17.0 Å². The van der Waals surface area contributed by atoms with Crippen LogP contribution in [0.15, 0.2) is 42.6 Å². The van der Waals surface area contributed by atoms with Gasteiger partial charge < -0.3 is 14.5 Å². The number of aryl methyl sites for hydroxylation is 1. The maximum absolute atomic E-state index is 12.4. The lowest BCUT2D eigenvalue weighted by Crippen LogP contribution is -2.30. The summed E-state index contributed by atoms with van der Waals surface area (Å²) in [5.41, 5.74) is 2.89. The van der Waals surface area contributed by atoms with Crippen LogP contribution in [0.5, 0.6) is 5.75 Å². The largest absolute Gasteiger partial charge is 0.497 e. The number of carbonyl (C=O) groups is 1. The minimum absolute atomic E-state index is 0.0385. The van der Waals surface area contributed by atoms with Crippen LogP contribution < -0.4 is 10.1 Å². The summed E-state index contributed by atoms with van der Waals surface area (Å²) in [5, 5.41) is 1.84. The van der Waals surface area contributed by atoms with Crippen molar-refractivity contribution < 1.29 is 22.7 Å². The SMILES string of the molecule is COc1ccc(-c2nc3ccc(NC(=O)C(F)(F)F)cn3c2C)cc1. The summed E-state index contributed by atoms with van der Waals surface area (Å²) in [5.74, 6) is -1.30. The van der Waals surface area contributed by atoms with Gasteiger partial charge in [-0.15, -0.1) is 0 Å². The zero-order valence-electron chi connectivity index (χ0n) is 13.4. The van der Waals surface area contributed by atoms with Crippen LogP contribution >= 0.6 is 0 Å². The molecule has 0 aliphatic rings. The monoisotopic (exact) mass is 349 g/mol. The Morgan fingerprint density at radius 1 is 1.16 bits per heavy atom. The molecule has 3 aromatic rings. The van der Waals surface area contributed by atoms with Gasteiger partial charge in [0, 0.05) is 17.5 Å². The third kappa shape index (κ3) is 3.28. The molecule has 0 aliphatic carbocycles. The summed E-state index contributed by atoms with van der Waals surface area (Å²) in [6.45, 7) is 1.80. The number of pyridine rings is 1. The molecule has 0 unspecified atom stereocenters. The first kappa shape index (κ1) is 16.8. The molecule has 0 fully saturated rings. The fourth-order valence-electron chi connectivity index (χ4n) is 2.46. The van der Waals surface area contributed by atoms with E-state index in [4.69, 9.17) is 4.74 Å². The second-order valence-corrected chi connectivity index (χ2v) is 5.37. The first-order valence-electron chi connectivity index (χ1n) is 7.31. The standard InChI is InChI=1S/C17H14F3N3O2/c1-10-15(11-3-6-13(25-2)7-4-11)22-14-8-5-12(9-23(10)14)21-16(24)17(18,19)20/h3-9H,1-2H3,(H,21,24). The maximum atomic E-state index is 12.4. The molecule has 0 bridgehead atoms. The van der Waals surface area contributed by atoms with Crippen LogP contribution in [-0.2, 0) is 4.79 Å². The Balaban J connectivity index is 1.98. The number of benzene rings is 1. The highest BCUT2D eigenvalue weighted by Gasteiger charge is 2.38. The third-order valence-electron chi connectivity index (χ3n) is 3.74. The number of carbonyl (C=O) groups excluding carboxylic acids is 1. The molecular formula is C17H14F3N3O2. The number of nitrogens with one attached hydrogen (secondary N) is 1. The van der Waals surface area contributed by atoms with E-state index in [1.165, 1.54) is 12.3 Å². The zero-order valence-corrected chi connectivity index (χ0v) is 13.4. The number of ether oxygens (including phenoxy) is 1. The number of aromatic nitrogens is 2. The highest BCUT2D eigenvalue weighted by molar-refractivity contribution is 5.94. The van der Waals surface area contributed by atoms with E-state index in [9.17, 15) is 18.0 Å². The molecule has 5 nitrogen and oxygen atoms in total. The van der Waals surface area contributed by atoms with Crippen LogP contribution in [0.2, 0.25) is 0 Å². The Hall–Kier alpha value is -3.03. The molecule has 0 atom stereocenters. The van der Waals surface area contributed by atoms with E-state index in [2.05, 4.69) is 4.98 Å². The van der Waals surface area contributed by atoms with Gasteiger partial charge in [-0.1, -0.05) is 0 Å². The lowest BCUT2D eigenvalue weighted by atomic mass is 10.1. The highest BCUT2D eigenvalue weighted by atomic mass is 19.4. The molecule has 130 valence electrons. The normalized spacial score (nSPS) is 11.6. The molecular weight excluding hydrogens is 335 g/mol. The van der Waals surface area contributed by atoms with Crippen molar-refractivity contribution in [1.82, 2.24) is 9.38 Å². The number of rotatable bonds is 3. The number of alkyl halides is 3. The summed E-state index contributed by atoms with van der Waals surface area (Å²) < 4.78 is 43.9. The van der Waals surface area contributed by atoms with Crippen molar-refractivity contribution in [2.75, 3.05) is 12.4 Å². The third-order valence-corrected chi connectivity index (χ3v) is 3.74. The average molecular weight is 349 g/mol. The fraction of sp³-hybridized carbons (Fsp3) is 0.176. The minimum Gasteiger partial charge on any atom is -0.497 e. The van der Waals surface area contributed by atoms with Crippen LogP contribution in [0, 0.1) is 6.92 Å². The molecule has 0 aliphatic heterocycles. The number of nitrogens with zero attached hydrogens (tertiary/aromatic N) is 2. The Kier molecular flexibility index (Phi) is 4.12. The molecule has 0 spiro atoms. The Morgan fingerprint density at radius 2 is 1.84 bits per heavy atom. The molecule has 1 aromatic carbocycles. The van der Waals surface area contributed by atoms with E-state index in [0.29, 0.717) is 17.1 Å². The lowest BCUT2D eigenvalue weighted by Gasteiger charge is -2.08. The van der Waals surface area contributed by atoms with Gasteiger partial charge in [-0.25, -0.2) is 4.98 Å². The van der Waals surface area contributed by atoms with Gasteiger partial charge in [0.2, 0.25) is 0 Å². The van der Waals surface area contributed by atoms with E-state index in [-0.39, 0.29) is 5.69 Å². The van der Waals surface area contributed by atoms with Gasteiger partial charge in [-0.3, -0.25) is 4.79 Å². The van der Waals surface area contributed by atoms with Crippen molar-refractivity contribution in [3.63, 3.8) is 0 Å². The molecule has 3 rings (SSSR count). The number of hydrogen-bond acceptors (Lipinski definition) is 3. The first-order chi connectivity index (χ1) is 11.8. The van der Waals surface area contributed by atoms with Crippen LogP contribution in [0.25, 0.3) is 16.9 Å². The maximum Gasteiger partial charge on any atom is 0.471 e. The Bertz CT molecular complexity index is 931. The number of methoxy groups -OCH3 is 1. The van der Waals surface area contributed by atoms with E-state index in [1.807, 2.05) is 17.4 Å². The van der Waals surface area contributed by atoms with Crippen molar-refractivity contribution in [2.45, 2.75) is 13.1 Å². The van der Waals surface area contributed by atoms with Crippen LogP contribution in [-0.4, -0.2) is 28.6 Å². The van der Waals surface area contributed by atoms with Gasteiger partial charge in [0.25, 0.3) is 0 Å². The van der Waals surface area contributed by atoms with Gasteiger partial charge in [-0.05, 0) is 43.3 Å². The van der Waals surface area contributed by atoms with Crippen molar-refractivity contribution in [2.24, 2.45) is 0 Å². The van der Waals surface area contributed by atoms with Crippen LogP contribution in [0.3, 0.4) is 0 Å². The molecule has 25 heavy (non-hydrogen) atoms.